The van der Waals surface area contributed by atoms with Crippen LogP contribution in [0.25, 0.3) is 0 Å². The van der Waals surface area contributed by atoms with Crippen LogP contribution in [0, 0.1) is 24.2 Å². The van der Waals surface area contributed by atoms with E-state index in [1.807, 2.05) is 0 Å². The highest BCUT2D eigenvalue weighted by Crippen LogP contribution is 2.36. The van der Waals surface area contributed by atoms with Crippen LogP contribution in [0.4, 0.5) is 0 Å². The summed E-state index contributed by atoms with van der Waals surface area (Å²) in [6.07, 6.45) is 7.44. The minimum atomic E-state index is 0.493. The van der Waals surface area contributed by atoms with Gasteiger partial charge in [-0.05, 0) is 31.7 Å². The molecule has 0 amide bonds. The summed E-state index contributed by atoms with van der Waals surface area (Å²) < 4.78 is 0. The van der Waals surface area contributed by atoms with Crippen LogP contribution in [-0.4, -0.2) is 12.6 Å². The van der Waals surface area contributed by atoms with Gasteiger partial charge in [0.05, 0.1) is 0 Å². The summed E-state index contributed by atoms with van der Waals surface area (Å²) in [5, 5.41) is 3.43. The molecular weight excluding hydrogens is 134 g/mol. The molecule has 3 atom stereocenters. The Hall–Kier alpha value is -0.480. The van der Waals surface area contributed by atoms with Crippen LogP contribution in [0.5, 0.6) is 0 Å². The summed E-state index contributed by atoms with van der Waals surface area (Å²) in [7, 11) is 0. The second kappa shape index (κ2) is 3.78. The highest BCUT2D eigenvalue weighted by Gasteiger charge is 2.31. The van der Waals surface area contributed by atoms with E-state index >= 15 is 0 Å². The van der Waals surface area contributed by atoms with Crippen molar-refractivity contribution in [3.8, 4) is 12.3 Å². The van der Waals surface area contributed by atoms with E-state index in [1.165, 1.54) is 6.42 Å². The maximum absolute atomic E-state index is 5.19. The summed E-state index contributed by atoms with van der Waals surface area (Å²) in [5.41, 5.74) is 0. The molecule has 1 rings (SSSR count). The van der Waals surface area contributed by atoms with Crippen molar-refractivity contribution in [1.29, 1.82) is 0 Å². The second-order valence-electron chi connectivity index (χ2n) is 3.69. The molecule has 0 radical (unpaired) electrons. The zero-order valence-electron chi connectivity index (χ0n) is 7.43. The molecule has 3 unspecified atom stereocenters. The Balaban J connectivity index is 1.99. The fourth-order valence-corrected chi connectivity index (χ4v) is 1.28. The van der Waals surface area contributed by atoms with E-state index in [1.54, 1.807) is 0 Å². The molecule has 1 aliphatic rings. The van der Waals surface area contributed by atoms with E-state index in [2.05, 4.69) is 25.1 Å². The van der Waals surface area contributed by atoms with Crippen LogP contribution in [-0.2, 0) is 0 Å². The molecule has 11 heavy (non-hydrogen) atoms. The van der Waals surface area contributed by atoms with Crippen LogP contribution in [0.15, 0.2) is 0 Å². The first kappa shape index (κ1) is 8.62. The predicted molar refractivity (Wildman–Crippen MR) is 48.2 cm³/mol. The summed E-state index contributed by atoms with van der Waals surface area (Å²) in [4.78, 5) is 0. The van der Waals surface area contributed by atoms with E-state index in [9.17, 15) is 0 Å². The Morgan fingerprint density at radius 2 is 2.36 bits per heavy atom. The van der Waals surface area contributed by atoms with Gasteiger partial charge in [0.15, 0.2) is 0 Å². The van der Waals surface area contributed by atoms with Crippen LogP contribution in [0.3, 0.4) is 0 Å². The normalized spacial score (nSPS) is 31.0. The summed E-state index contributed by atoms with van der Waals surface area (Å²) in [6.45, 7) is 5.61. The first-order valence-electron chi connectivity index (χ1n) is 4.41. The van der Waals surface area contributed by atoms with Gasteiger partial charge in [0.25, 0.3) is 0 Å². The number of rotatable bonds is 4. The van der Waals surface area contributed by atoms with E-state index < -0.39 is 0 Å². The van der Waals surface area contributed by atoms with Crippen LogP contribution in [0.1, 0.15) is 26.7 Å². The third-order valence-corrected chi connectivity index (χ3v) is 2.43. The Labute approximate surface area is 69.6 Å². The zero-order valence-corrected chi connectivity index (χ0v) is 7.43. The smallest absolute Gasteiger partial charge is 0.0238 e. The molecule has 1 N–H and O–H groups in total. The van der Waals surface area contributed by atoms with E-state index in [-0.39, 0.29) is 0 Å². The molecule has 1 saturated carbocycles. The van der Waals surface area contributed by atoms with Crippen molar-refractivity contribution in [2.45, 2.75) is 32.7 Å². The molecule has 0 saturated heterocycles. The quantitative estimate of drug-likeness (QED) is 0.602. The Morgan fingerprint density at radius 1 is 1.73 bits per heavy atom. The summed E-state index contributed by atoms with van der Waals surface area (Å²) in [6, 6.07) is 0.493. The van der Waals surface area contributed by atoms with Gasteiger partial charge in [-0.2, -0.15) is 0 Å². The van der Waals surface area contributed by atoms with Crippen LogP contribution < -0.4 is 5.32 Å². The molecule has 0 aromatic carbocycles. The number of hydrogen-bond acceptors (Lipinski definition) is 1. The molecule has 0 aromatic heterocycles. The average Bonchev–Trinajstić information content (AvgIpc) is 2.63. The molecule has 1 fully saturated rings. The van der Waals surface area contributed by atoms with Crippen molar-refractivity contribution in [1.82, 2.24) is 5.32 Å². The standard InChI is InChI=1S/C10H17N/c1-4-5-9(3)11-7-10-6-8(10)2/h1,8-11H,5-7H2,2-3H3. The van der Waals surface area contributed by atoms with Gasteiger partial charge in [-0.3, -0.25) is 0 Å². The average molecular weight is 151 g/mol. The Kier molecular flexibility index (Phi) is 2.96. The minimum absolute atomic E-state index is 0.493. The molecule has 0 bridgehead atoms. The third-order valence-electron chi connectivity index (χ3n) is 2.43. The van der Waals surface area contributed by atoms with Crippen molar-refractivity contribution in [3.05, 3.63) is 0 Å². The SMILES string of the molecule is C#CCC(C)NCC1CC1C. The van der Waals surface area contributed by atoms with Gasteiger partial charge in [0.1, 0.15) is 0 Å². The number of hydrogen-bond donors (Lipinski definition) is 1. The monoisotopic (exact) mass is 151 g/mol. The molecule has 0 aliphatic heterocycles. The lowest BCUT2D eigenvalue weighted by Gasteiger charge is -2.09. The predicted octanol–water partition coefficient (Wildman–Crippen LogP) is 1.64. The molecule has 0 aromatic rings. The highest BCUT2D eigenvalue weighted by molar-refractivity contribution is 4.90. The number of nitrogens with one attached hydrogen (secondary N) is 1. The lowest BCUT2D eigenvalue weighted by molar-refractivity contribution is 0.525. The third kappa shape index (κ3) is 2.95. The van der Waals surface area contributed by atoms with Gasteiger partial charge in [0.2, 0.25) is 0 Å². The van der Waals surface area contributed by atoms with E-state index in [4.69, 9.17) is 6.42 Å². The van der Waals surface area contributed by atoms with Crippen molar-refractivity contribution in [2.24, 2.45) is 11.8 Å². The van der Waals surface area contributed by atoms with Crippen LogP contribution in [0.2, 0.25) is 0 Å². The van der Waals surface area contributed by atoms with Crippen molar-refractivity contribution >= 4 is 0 Å². The molecular formula is C10H17N. The van der Waals surface area contributed by atoms with Gasteiger partial charge < -0.3 is 5.32 Å². The van der Waals surface area contributed by atoms with Gasteiger partial charge in [0, 0.05) is 12.5 Å². The van der Waals surface area contributed by atoms with E-state index in [0.29, 0.717) is 6.04 Å². The molecule has 0 spiro atoms. The molecule has 1 aliphatic carbocycles. The number of terminal acetylenes is 1. The minimum Gasteiger partial charge on any atom is -0.313 e. The summed E-state index contributed by atoms with van der Waals surface area (Å²) in [5.74, 6) is 4.53. The Bertz CT molecular complexity index is 157. The summed E-state index contributed by atoms with van der Waals surface area (Å²) >= 11 is 0. The molecule has 1 nitrogen and oxygen atoms in total. The van der Waals surface area contributed by atoms with Gasteiger partial charge in [-0.25, -0.2) is 0 Å². The molecule has 62 valence electrons. The lowest BCUT2D eigenvalue weighted by atomic mass is 10.2. The Morgan fingerprint density at radius 3 is 2.82 bits per heavy atom. The maximum atomic E-state index is 5.19. The maximum Gasteiger partial charge on any atom is 0.0238 e. The first-order valence-corrected chi connectivity index (χ1v) is 4.41. The fraction of sp³-hybridized carbons (Fsp3) is 0.800. The fourth-order valence-electron chi connectivity index (χ4n) is 1.28. The molecule has 1 heteroatoms. The van der Waals surface area contributed by atoms with Crippen molar-refractivity contribution in [3.63, 3.8) is 0 Å². The van der Waals surface area contributed by atoms with Crippen molar-refractivity contribution < 1.29 is 0 Å². The van der Waals surface area contributed by atoms with Gasteiger partial charge >= 0.3 is 0 Å². The van der Waals surface area contributed by atoms with Gasteiger partial charge in [-0.15, -0.1) is 12.3 Å². The van der Waals surface area contributed by atoms with Crippen molar-refractivity contribution in [2.75, 3.05) is 6.54 Å². The van der Waals surface area contributed by atoms with Crippen LogP contribution >= 0.6 is 0 Å². The first-order chi connectivity index (χ1) is 5.24. The highest BCUT2D eigenvalue weighted by atomic mass is 14.9. The zero-order chi connectivity index (χ0) is 8.27. The second-order valence-corrected chi connectivity index (χ2v) is 3.69. The van der Waals surface area contributed by atoms with E-state index in [0.717, 1.165) is 24.8 Å². The largest absolute Gasteiger partial charge is 0.313 e. The molecule has 0 heterocycles. The topological polar surface area (TPSA) is 12.0 Å². The van der Waals surface area contributed by atoms with Gasteiger partial charge in [-0.1, -0.05) is 6.92 Å². The lowest BCUT2D eigenvalue weighted by Crippen LogP contribution is -2.27.